The first-order chi connectivity index (χ1) is 16.0. The minimum atomic E-state index is -0.182. The van der Waals surface area contributed by atoms with Crippen molar-refractivity contribution in [2.75, 3.05) is 5.32 Å². The molecule has 0 radical (unpaired) electrons. The number of halogens is 1. The average molecular weight is 519 g/mol. The number of hydrogen-bond donors (Lipinski definition) is 1. The van der Waals surface area contributed by atoms with Gasteiger partial charge in [-0.15, -0.1) is 11.8 Å². The fourth-order valence-electron chi connectivity index (χ4n) is 3.73. The molecule has 8 heteroatoms. The second-order valence-electron chi connectivity index (χ2n) is 7.87. The molecule has 3 heterocycles. The van der Waals surface area contributed by atoms with Crippen molar-refractivity contribution in [1.82, 2.24) is 19.7 Å². The fourth-order valence-corrected chi connectivity index (χ4v) is 4.96. The fraction of sp³-hybridized carbons (Fsp3) is 0.200. The molecule has 4 aromatic rings. The molecule has 166 valence electrons. The molecule has 1 atom stereocenters. The SMILES string of the molecule is Cc1nc(C)c(CSC2N=C(c3ccc(Br)cc3)c3cnn(-c4ccccc4)c3N2)nc1C. The lowest BCUT2D eigenvalue weighted by Gasteiger charge is -2.24. The first kappa shape index (κ1) is 21.9. The molecule has 5 rings (SSSR count). The van der Waals surface area contributed by atoms with Crippen molar-refractivity contribution in [3.8, 4) is 5.69 Å². The number of aryl methyl sites for hydroxylation is 3. The Labute approximate surface area is 205 Å². The second kappa shape index (κ2) is 9.11. The molecule has 0 fully saturated rings. The van der Waals surface area contributed by atoms with E-state index in [4.69, 9.17) is 9.98 Å². The number of fused-ring (bicyclic) bond motifs is 1. The van der Waals surface area contributed by atoms with E-state index in [1.165, 1.54) is 0 Å². The summed E-state index contributed by atoms with van der Waals surface area (Å²) in [6, 6.07) is 18.4. The summed E-state index contributed by atoms with van der Waals surface area (Å²) >= 11 is 5.23. The third-order valence-corrected chi connectivity index (χ3v) is 7.11. The third-order valence-electron chi connectivity index (χ3n) is 5.61. The lowest BCUT2D eigenvalue weighted by atomic mass is 10.0. The van der Waals surface area contributed by atoms with Crippen molar-refractivity contribution < 1.29 is 0 Å². The van der Waals surface area contributed by atoms with E-state index in [0.29, 0.717) is 5.75 Å². The van der Waals surface area contributed by atoms with Gasteiger partial charge in [0.25, 0.3) is 0 Å². The van der Waals surface area contributed by atoms with Crippen molar-refractivity contribution in [3.05, 3.63) is 99.2 Å². The molecule has 0 spiro atoms. The molecule has 0 amide bonds. The standard InChI is InChI=1S/C25H23BrN6S/c1-15-16(2)29-22(17(3)28-15)14-33-25-30-23(18-9-11-19(26)12-10-18)21-13-27-32(24(21)31-25)20-7-5-4-6-8-20/h4-13,25,31H,14H2,1-3H3. The quantitative estimate of drug-likeness (QED) is 0.360. The van der Waals surface area contributed by atoms with Gasteiger partial charge in [0.15, 0.2) is 5.50 Å². The summed E-state index contributed by atoms with van der Waals surface area (Å²) in [4.78, 5) is 14.5. The molecule has 6 nitrogen and oxygen atoms in total. The highest BCUT2D eigenvalue weighted by molar-refractivity contribution is 9.10. The van der Waals surface area contributed by atoms with Crippen LogP contribution in [0.25, 0.3) is 5.69 Å². The van der Waals surface area contributed by atoms with Gasteiger partial charge in [-0.1, -0.05) is 46.3 Å². The minimum Gasteiger partial charge on any atom is -0.339 e. The third kappa shape index (κ3) is 4.45. The molecule has 2 aromatic carbocycles. The largest absolute Gasteiger partial charge is 0.339 e. The number of benzene rings is 2. The first-order valence-corrected chi connectivity index (χ1v) is 12.5. The number of para-hydroxylation sites is 1. The number of hydrogen-bond acceptors (Lipinski definition) is 6. The van der Waals surface area contributed by atoms with Crippen LogP contribution in [0.5, 0.6) is 0 Å². The Morgan fingerprint density at radius 3 is 2.42 bits per heavy atom. The zero-order valence-electron chi connectivity index (χ0n) is 18.6. The van der Waals surface area contributed by atoms with Crippen LogP contribution < -0.4 is 5.32 Å². The van der Waals surface area contributed by atoms with Gasteiger partial charge in [-0.05, 0) is 45.0 Å². The van der Waals surface area contributed by atoms with E-state index in [-0.39, 0.29) is 5.50 Å². The van der Waals surface area contributed by atoms with E-state index < -0.39 is 0 Å². The maximum absolute atomic E-state index is 5.07. The molecule has 1 aliphatic heterocycles. The average Bonchev–Trinajstić information content (AvgIpc) is 3.25. The summed E-state index contributed by atoms with van der Waals surface area (Å²) in [5.74, 6) is 1.65. The molecule has 0 aliphatic carbocycles. The number of rotatable bonds is 5. The number of thioether (sulfide) groups is 1. The number of nitrogens with one attached hydrogen (secondary N) is 1. The van der Waals surface area contributed by atoms with Crippen LogP contribution in [-0.4, -0.2) is 31.0 Å². The van der Waals surface area contributed by atoms with Crippen molar-refractivity contribution >= 4 is 39.2 Å². The van der Waals surface area contributed by atoms with E-state index in [1.54, 1.807) is 11.8 Å². The summed E-state index contributed by atoms with van der Waals surface area (Å²) in [5.41, 5.74) is 7.70. The Bertz CT molecular complexity index is 1330. The zero-order valence-corrected chi connectivity index (χ0v) is 21.0. The Morgan fingerprint density at radius 1 is 0.939 bits per heavy atom. The molecule has 0 bridgehead atoms. The Kier molecular flexibility index (Phi) is 6.03. The van der Waals surface area contributed by atoms with E-state index in [1.807, 2.05) is 62.0 Å². The molecule has 2 aromatic heterocycles. The lowest BCUT2D eigenvalue weighted by Crippen LogP contribution is -2.25. The zero-order chi connectivity index (χ0) is 22.9. The van der Waals surface area contributed by atoms with Crippen molar-refractivity contribution in [2.24, 2.45) is 4.99 Å². The monoisotopic (exact) mass is 518 g/mol. The maximum atomic E-state index is 5.07. The molecule has 1 N–H and O–H groups in total. The predicted molar refractivity (Wildman–Crippen MR) is 138 cm³/mol. The van der Waals surface area contributed by atoms with Crippen LogP contribution in [0.1, 0.15) is 33.9 Å². The molecule has 33 heavy (non-hydrogen) atoms. The molecular formula is C25H23BrN6S. The first-order valence-electron chi connectivity index (χ1n) is 10.7. The minimum absolute atomic E-state index is 0.182. The topological polar surface area (TPSA) is 68.0 Å². The Hall–Kier alpha value is -2.97. The lowest BCUT2D eigenvalue weighted by molar-refractivity contribution is 0.866. The van der Waals surface area contributed by atoms with Crippen molar-refractivity contribution in [3.63, 3.8) is 0 Å². The number of anilines is 1. The Morgan fingerprint density at radius 2 is 1.67 bits per heavy atom. The molecular weight excluding hydrogens is 496 g/mol. The predicted octanol–water partition coefficient (Wildman–Crippen LogP) is 5.83. The van der Waals surface area contributed by atoms with Gasteiger partial charge in [0.05, 0.1) is 45.9 Å². The number of aliphatic imine (C=N–C) groups is 1. The summed E-state index contributed by atoms with van der Waals surface area (Å²) in [5, 5.41) is 8.27. The second-order valence-corrected chi connectivity index (χ2v) is 9.86. The van der Waals surface area contributed by atoms with Crippen LogP contribution >= 0.6 is 27.7 Å². The van der Waals surface area contributed by atoms with E-state index >= 15 is 0 Å². The van der Waals surface area contributed by atoms with Crippen molar-refractivity contribution in [1.29, 1.82) is 0 Å². The van der Waals surface area contributed by atoms with Gasteiger partial charge in [0.1, 0.15) is 5.82 Å². The summed E-state index contributed by atoms with van der Waals surface area (Å²) in [6.07, 6.45) is 1.88. The highest BCUT2D eigenvalue weighted by Crippen LogP contribution is 2.32. The summed E-state index contributed by atoms with van der Waals surface area (Å²) in [6.45, 7) is 6.02. The van der Waals surface area contributed by atoms with Gasteiger partial charge in [-0.3, -0.25) is 9.97 Å². The van der Waals surface area contributed by atoms with Gasteiger partial charge in [0, 0.05) is 15.8 Å². The van der Waals surface area contributed by atoms with Crippen LogP contribution in [0.2, 0.25) is 0 Å². The van der Waals surface area contributed by atoms with Gasteiger partial charge in [-0.2, -0.15) is 5.10 Å². The number of aromatic nitrogens is 4. The highest BCUT2D eigenvalue weighted by Gasteiger charge is 2.26. The Balaban J connectivity index is 1.51. The van der Waals surface area contributed by atoms with Gasteiger partial charge in [0.2, 0.25) is 0 Å². The molecule has 1 aliphatic rings. The van der Waals surface area contributed by atoms with Gasteiger partial charge in [-0.25, -0.2) is 9.67 Å². The van der Waals surface area contributed by atoms with Crippen LogP contribution in [0.3, 0.4) is 0 Å². The smallest absolute Gasteiger partial charge is 0.168 e. The number of nitrogens with zero attached hydrogens (tertiary/aromatic N) is 5. The van der Waals surface area contributed by atoms with Gasteiger partial charge >= 0.3 is 0 Å². The summed E-state index contributed by atoms with van der Waals surface area (Å²) < 4.78 is 2.98. The van der Waals surface area contributed by atoms with E-state index in [0.717, 1.165) is 55.6 Å². The van der Waals surface area contributed by atoms with E-state index in [9.17, 15) is 0 Å². The maximum Gasteiger partial charge on any atom is 0.168 e. The van der Waals surface area contributed by atoms with Crippen molar-refractivity contribution in [2.45, 2.75) is 32.0 Å². The normalized spacial score (nSPS) is 15.0. The molecule has 0 saturated heterocycles. The van der Waals surface area contributed by atoms with Crippen LogP contribution in [-0.2, 0) is 5.75 Å². The van der Waals surface area contributed by atoms with Crippen LogP contribution in [0.4, 0.5) is 5.82 Å². The van der Waals surface area contributed by atoms with Crippen LogP contribution in [0, 0.1) is 20.8 Å². The molecule has 1 unspecified atom stereocenters. The van der Waals surface area contributed by atoms with Crippen LogP contribution in [0.15, 0.2) is 70.3 Å². The summed E-state index contributed by atoms with van der Waals surface area (Å²) in [7, 11) is 0. The van der Waals surface area contributed by atoms with Gasteiger partial charge < -0.3 is 5.32 Å². The molecule has 0 saturated carbocycles. The highest BCUT2D eigenvalue weighted by atomic mass is 79.9. The van der Waals surface area contributed by atoms with E-state index in [2.05, 4.69) is 55.6 Å².